The van der Waals surface area contributed by atoms with Gasteiger partial charge < -0.3 is 14.8 Å². The average Bonchev–Trinajstić information content (AvgIpc) is 2.94. The summed E-state index contributed by atoms with van der Waals surface area (Å²) in [6.45, 7) is 2.28. The van der Waals surface area contributed by atoms with Crippen LogP contribution in [0.2, 0.25) is 0 Å². The SMILES string of the molecule is CN1CCN(C(=O)Cc2nc3cc(C(F)(F)F)cc(C(F)(F)F)c3[nH]2)CC1. The predicted molar refractivity (Wildman–Crippen MR) is 83.9 cm³/mol. The Balaban J connectivity index is 1.93. The zero-order valence-corrected chi connectivity index (χ0v) is 14.2. The number of hydrogen-bond acceptors (Lipinski definition) is 3. The Kier molecular flexibility index (Phi) is 4.83. The molecular weight excluding hydrogens is 378 g/mol. The van der Waals surface area contributed by atoms with Gasteiger partial charge in [-0.1, -0.05) is 0 Å². The van der Waals surface area contributed by atoms with E-state index in [1.54, 1.807) is 4.90 Å². The van der Waals surface area contributed by atoms with Gasteiger partial charge in [-0.05, 0) is 19.2 Å². The first-order valence-electron chi connectivity index (χ1n) is 8.08. The number of fused-ring (bicyclic) bond motifs is 1. The lowest BCUT2D eigenvalue weighted by atomic mass is 10.1. The van der Waals surface area contributed by atoms with Crippen LogP contribution < -0.4 is 0 Å². The van der Waals surface area contributed by atoms with Crippen LogP contribution in [0.1, 0.15) is 17.0 Å². The van der Waals surface area contributed by atoms with Crippen molar-refractivity contribution in [1.82, 2.24) is 19.8 Å². The van der Waals surface area contributed by atoms with E-state index in [0.29, 0.717) is 32.2 Å². The van der Waals surface area contributed by atoms with Crippen LogP contribution in [0.15, 0.2) is 12.1 Å². The van der Waals surface area contributed by atoms with Gasteiger partial charge in [0.2, 0.25) is 5.91 Å². The maximum absolute atomic E-state index is 13.2. The number of carbonyl (C=O) groups is 1. The summed E-state index contributed by atoms with van der Waals surface area (Å²) < 4.78 is 78.3. The number of aromatic nitrogens is 2. The molecule has 0 bridgehead atoms. The molecule has 1 amide bonds. The summed E-state index contributed by atoms with van der Waals surface area (Å²) >= 11 is 0. The number of rotatable bonds is 2. The van der Waals surface area contributed by atoms with Gasteiger partial charge in [-0.2, -0.15) is 26.3 Å². The molecule has 0 unspecified atom stereocenters. The van der Waals surface area contributed by atoms with E-state index in [0.717, 1.165) is 0 Å². The topological polar surface area (TPSA) is 52.2 Å². The minimum atomic E-state index is -5.00. The van der Waals surface area contributed by atoms with Gasteiger partial charge in [0.25, 0.3) is 0 Å². The summed E-state index contributed by atoms with van der Waals surface area (Å²) in [5, 5.41) is 0. The Labute approximate surface area is 149 Å². The fourth-order valence-electron chi connectivity index (χ4n) is 2.95. The molecule has 1 N–H and O–H groups in total. The van der Waals surface area contributed by atoms with Crippen LogP contribution in [-0.4, -0.2) is 58.9 Å². The van der Waals surface area contributed by atoms with Crippen molar-refractivity contribution >= 4 is 16.9 Å². The highest BCUT2D eigenvalue weighted by Gasteiger charge is 2.39. The summed E-state index contributed by atoms with van der Waals surface area (Å²) in [6.07, 6.45) is -10.2. The van der Waals surface area contributed by atoms with Gasteiger partial charge in [-0.25, -0.2) is 4.98 Å². The van der Waals surface area contributed by atoms with Crippen LogP contribution in [0, 0.1) is 0 Å². The second-order valence-corrected chi connectivity index (χ2v) is 6.46. The van der Waals surface area contributed by atoms with Crippen LogP contribution >= 0.6 is 0 Å². The number of hydrogen-bond donors (Lipinski definition) is 1. The lowest BCUT2D eigenvalue weighted by molar-refractivity contribution is -0.142. The molecule has 0 spiro atoms. The van der Waals surface area contributed by atoms with E-state index in [4.69, 9.17) is 0 Å². The van der Waals surface area contributed by atoms with Crippen molar-refractivity contribution in [3.8, 4) is 0 Å². The van der Waals surface area contributed by atoms with Gasteiger partial charge in [0.1, 0.15) is 5.82 Å². The molecule has 1 aromatic carbocycles. The molecule has 3 rings (SSSR count). The number of amides is 1. The second kappa shape index (κ2) is 6.70. The first kappa shape index (κ1) is 19.5. The largest absolute Gasteiger partial charge is 0.418 e. The molecule has 0 radical (unpaired) electrons. The third kappa shape index (κ3) is 4.18. The van der Waals surface area contributed by atoms with Crippen LogP contribution in [0.4, 0.5) is 26.3 Å². The van der Waals surface area contributed by atoms with Gasteiger partial charge in [-0.3, -0.25) is 4.79 Å². The highest BCUT2D eigenvalue weighted by atomic mass is 19.4. The summed E-state index contributed by atoms with van der Waals surface area (Å²) in [4.78, 5) is 22.1. The van der Waals surface area contributed by atoms with Crippen molar-refractivity contribution in [3.63, 3.8) is 0 Å². The molecular formula is C16H16F6N4O. The minimum Gasteiger partial charge on any atom is -0.341 e. The number of halogens is 6. The standard InChI is InChI=1S/C16H16F6N4O/c1-25-2-4-26(5-3-25)13(27)8-12-23-11-7-9(15(17,18)19)6-10(14(11)24-12)16(20,21)22/h6-7H,2-5,8H2,1H3,(H,23,24). The third-order valence-electron chi connectivity index (χ3n) is 4.45. The second-order valence-electron chi connectivity index (χ2n) is 6.46. The van der Waals surface area contributed by atoms with Gasteiger partial charge >= 0.3 is 12.4 Å². The molecule has 2 heterocycles. The van der Waals surface area contributed by atoms with E-state index in [2.05, 4.69) is 9.97 Å². The van der Waals surface area contributed by atoms with E-state index >= 15 is 0 Å². The molecule has 5 nitrogen and oxygen atoms in total. The van der Waals surface area contributed by atoms with Crippen LogP contribution in [0.25, 0.3) is 11.0 Å². The lowest BCUT2D eigenvalue weighted by Crippen LogP contribution is -2.47. The highest BCUT2D eigenvalue weighted by Crippen LogP contribution is 2.39. The first-order chi connectivity index (χ1) is 12.4. The smallest absolute Gasteiger partial charge is 0.341 e. The maximum atomic E-state index is 13.2. The maximum Gasteiger partial charge on any atom is 0.418 e. The zero-order valence-electron chi connectivity index (χ0n) is 14.2. The Bertz CT molecular complexity index is 849. The fraction of sp³-hybridized carbons (Fsp3) is 0.500. The molecule has 1 aromatic heterocycles. The molecule has 0 atom stereocenters. The predicted octanol–water partition coefficient (Wildman–Crippen LogP) is 2.92. The summed E-state index contributed by atoms with van der Waals surface area (Å²) in [5.41, 5.74) is -3.93. The number of alkyl halides is 6. The summed E-state index contributed by atoms with van der Waals surface area (Å²) in [6, 6.07) is 0.595. The molecule has 0 aliphatic carbocycles. The minimum absolute atomic E-state index is 0.0482. The van der Waals surface area contributed by atoms with E-state index in [1.165, 1.54) is 0 Å². The Hall–Kier alpha value is -2.30. The van der Waals surface area contributed by atoms with Crippen molar-refractivity contribution in [2.75, 3.05) is 33.2 Å². The molecule has 0 saturated carbocycles. The van der Waals surface area contributed by atoms with E-state index < -0.39 is 34.5 Å². The molecule has 2 aromatic rings. The quantitative estimate of drug-likeness (QED) is 0.797. The monoisotopic (exact) mass is 394 g/mol. The highest BCUT2D eigenvalue weighted by molar-refractivity contribution is 5.83. The van der Waals surface area contributed by atoms with Crippen molar-refractivity contribution < 1.29 is 31.1 Å². The van der Waals surface area contributed by atoms with Gasteiger partial charge in [0.05, 0.1) is 28.6 Å². The number of imidazole rings is 1. The molecule has 1 fully saturated rings. The molecule has 1 saturated heterocycles. The number of piperazine rings is 1. The Morgan fingerprint density at radius 1 is 1.07 bits per heavy atom. The summed E-state index contributed by atoms with van der Waals surface area (Å²) in [7, 11) is 1.90. The number of carbonyl (C=O) groups excluding carboxylic acids is 1. The number of H-pyrrole nitrogens is 1. The van der Waals surface area contributed by atoms with Crippen molar-refractivity contribution in [2.24, 2.45) is 0 Å². The van der Waals surface area contributed by atoms with Crippen LogP contribution in [0.3, 0.4) is 0 Å². The number of nitrogens with one attached hydrogen (secondary N) is 1. The molecule has 1 aliphatic heterocycles. The normalized spacial score (nSPS) is 16.9. The average molecular weight is 394 g/mol. The molecule has 1 aliphatic rings. The Morgan fingerprint density at radius 3 is 2.26 bits per heavy atom. The third-order valence-corrected chi connectivity index (χ3v) is 4.45. The number of aromatic amines is 1. The van der Waals surface area contributed by atoms with Gasteiger partial charge in [0.15, 0.2) is 0 Å². The molecule has 27 heavy (non-hydrogen) atoms. The molecule has 11 heteroatoms. The van der Waals surface area contributed by atoms with Gasteiger partial charge in [-0.15, -0.1) is 0 Å². The fourth-order valence-corrected chi connectivity index (χ4v) is 2.95. The number of likely N-dealkylation sites (N-methyl/N-ethyl adjacent to an activating group) is 1. The Morgan fingerprint density at radius 2 is 1.70 bits per heavy atom. The van der Waals surface area contributed by atoms with Crippen LogP contribution in [-0.2, 0) is 23.6 Å². The van der Waals surface area contributed by atoms with E-state index in [-0.39, 0.29) is 24.2 Å². The number of benzene rings is 1. The molecule has 148 valence electrons. The lowest BCUT2D eigenvalue weighted by Gasteiger charge is -2.32. The number of nitrogens with zero attached hydrogens (tertiary/aromatic N) is 3. The summed E-state index contributed by atoms with van der Waals surface area (Å²) in [5.74, 6) is -0.439. The zero-order chi connectivity index (χ0) is 20.0. The van der Waals surface area contributed by atoms with E-state index in [1.807, 2.05) is 11.9 Å². The van der Waals surface area contributed by atoms with Gasteiger partial charge in [0, 0.05) is 26.2 Å². The van der Waals surface area contributed by atoms with E-state index in [9.17, 15) is 31.1 Å². The van der Waals surface area contributed by atoms with Crippen LogP contribution in [0.5, 0.6) is 0 Å². The van der Waals surface area contributed by atoms with Crippen molar-refractivity contribution in [2.45, 2.75) is 18.8 Å². The van der Waals surface area contributed by atoms with Crippen molar-refractivity contribution in [1.29, 1.82) is 0 Å². The first-order valence-corrected chi connectivity index (χ1v) is 8.08. The van der Waals surface area contributed by atoms with Crippen molar-refractivity contribution in [3.05, 3.63) is 29.1 Å².